The minimum Gasteiger partial charge on any atom is -0.333 e. The minimum atomic E-state index is -0.496. The van der Waals surface area contributed by atoms with Gasteiger partial charge in [0.1, 0.15) is 0 Å². The van der Waals surface area contributed by atoms with Crippen molar-refractivity contribution in [1.82, 2.24) is 10.2 Å². The molecule has 0 radical (unpaired) electrons. The number of nitro groups is 1. The summed E-state index contributed by atoms with van der Waals surface area (Å²) < 4.78 is 0.578. The van der Waals surface area contributed by atoms with E-state index in [-0.39, 0.29) is 17.6 Å². The van der Waals surface area contributed by atoms with E-state index in [9.17, 15) is 14.9 Å². The maximum Gasteiger partial charge on any atom is 0.270 e. The molecular formula is C12H14BrN3O3. The number of carbonyl (C=O) groups excluding carboxylic acids is 1. The van der Waals surface area contributed by atoms with Crippen LogP contribution in [0.4, 0.5) is 5.69 Å². The number of hydrogen-bond donors (Lipinski definition) is 1. The number of amides is 1. The summed E-state index contributed by atoms with van der Waals surface area (Å²) in [5.74, 6) is -0.176. The number of nitrogens with zero attached hydrogens (tertiary/aromatic N) is 2. The lowest BCUT2D eigenvalue weighted by molar-refractivity contribution is -0.384. The third kappa shape index (κ3) is 2.76. The molecule has 1 N–H and O–H groups in total. The number of carbonyl (C=O) groups is 1. The molecule has 0 unspecified atom stereocenters. The zero-order valence-corrected chi connectivity index (χ0v) is 12.0. The molecule has 1 saturated heterocycles. The Labute approximate surface area is 119 Å². The Bertz CT molecular complexity index is 517. The van der Waals surface area contributed by atoms with E-state index >= 15 is 0 Å². The highest BCUT2D eigenvalue weighted by molar-refractivity contribution is 9.10. The molecule has 1 heterocycles. The molecule has 0 atom stereocenters. The lowest BCUT2D eigenvalue weighted by Gasteiger charge is -2.37. The van der Waals surface area contributed by atoms with E-state index in [0.29, 0.717) is 16.6 Å². The molecule has 1 aromatic rings. The molecule has 1 amide bonds. The van der Waals surface area contributed by atoms with Gasteiger partial charge >= 0.3 is 0 Å². The van der Waals surface area contributed by atoms with E-state index in [1.54, 1.807) is 4.90 Å². The maximum absolute atomic E-state index is 12.5. The highest BCUT2D eigenvalue weighted by Crippen LogP contribution is 2.24. The molecule has 0 aromatic heterocycles. The van der Waals surface area contributed by atoms with E-state index in [1.807, 2.05) is 6.92 Å². The Hall–Kier alpha value is -1.47. The first-order chi connectivity index (χ1) is 9.04. The number of benzene rings is 1. The van der Waals surface area contributed by atoms with Gasteiger partial charge in [0.2, 0.25) is 0 Å². The molecule has 2 rings (SSSR count). The van der Waals surface area contributed by atoms with Gasteiger partial charge in [-0.25, -0.2) is 0 Å². The Kier molecular flexibility index (Phi) is 4.16. The van der Waals surface area contributed by atoms with Crippen LogP contribution >= 0.6 is 15.9 Å². The first-order valence-electron chi connectivity index (χ1n) is 6.00. The highest BCUT2D eigenvalue weighted by atomic mass is 79.9. The monoisotopic (exact) mass is 327 g/mol. The third-order valence-corrected chi connectivity index (χ3v) is 3.88. The number of likely N-dealkylation sites (N-methyl/N-ethyl adjacent to an activating group) is 1. The van der Waals surface area contributed by atoms with Crippen molar-refractivity contribution in [3.63, 3.8) is 0 Å². The predicted molar refractivity (Wildman–Crippen MR) is 74.2 cm³/mol. The van der Waals surface area contributed by atoms with Gasteiger partial charge in [-0.2, -0.15) is 0 Å². The van der Waals surface area contributed by atoms with Crippen LogP contribution < -0.4 is 5.32 Å². The fourth-order valence-corrected chi connectivity index (χ4v) is 2.42. The summed E-state index contributed by atoms with van der Waals surface area (Å²) >= 11 is 3.28. The van der Waals surface area contributed by atoms with Crippen LogP contribution in [-0.4, -0.2) is 41.4 Å². The van der Waals surface area contributed by atoms with Crippen LogP contribution in [0.25, 0.3) is 0 Å². The molecule has 1 fully saturated rings. The number of nitro benzene ring substituents is 1. The normalized spacial score (nSPS) is 14.8. The van der Waals surface area contributed by atoms with Crippen LogP contribution in [0.5, 0.6) is 0 Å². The van der Waals surface area contributed by atoms with Crippen molar-refractivity contribution in [2.24, 2.45) is 0 Å². The van der Waals surface area contributed by atoms with E-state index in [1.165, 1.54) is 18.2 Å². The van der Waals surface area contributed by atoms with Crippen molar-refractivity contribution in [3.05, 3.63) is 38.3 Å². The highest BCUT2D eigenvalue weighted by Gasteiger charge is 2.29. The molecule has 0 spiro atoms. The largest absolute Gasteiger partial charge is 0.333 e. The first-order valence-corrected chi connectivity index (χ1v) is 6.79. The minimum absolute atomic E-state index is 0.0747. The van der Waals surface area contributed by atoms with E-state index in [0.717, 1.165) is 13.1 Å². The maximum atomic E-state index is 12.5. The van der Waals surface area contributed by atoms with Crippen LogP contribution in [0.1, 0.15) is 17.3 Å². The van der Waals surface area contributed by atoms with Gasteiger partial charge in [-0.1, -0.05) is 0 Å². The number of rotatable bonds is 4. The first kappa shape index (κ1) is 14.0. The van der Waals surface area contributed by atoms with Crippen molar-refractivity contribution >= 4 is 27.5 Å². The SMILES string of the molecule is CCN(C(=O)c1cc([N+](=O)[O-])ccc1Br)C1CNC1. The number of hydrogen-bond acceptors (Lipinski definition) is 4. The summed E-state index contributed by atoms with van der Waals surface area (Å²) in [7, 11) is 0. The Balaban J connectivity index is 2.31. The Morgan fingerprint density at radius 3 is 2.74 bits per heavy atom. The van der Waals surface area contributed by atoms with Gasteiger partial charge in [0.05, 0.1) is 16.5 Å². The zero-order chi connectivity index (χ0) is 14.0. The number of nitrogens with one attached hydrogen (secondary N) is 1. The summed E-state index contributed by atoms with van der Waals surface area (Å²) in [6.07, 6.45) is 0. The molecule has 6 nitrogen and oxygen atoms in total. The van der Waals surface area contributed by atoms with Crippen LogP contribution in [0.3, 0.4) is 0 Å². The zero-order valence-electron chi connectivity index (χ0n) is 10.4. The van der Waals surface area contributed by atoms with Gasteiger partial charge in [-0.15, -0.1) is 0 Å². The van der Waals surface area contributed by atoms with E-state index in [4.69, 9.17) is 0 Å². The van der Waals surface area contributed by atoms with Crippen LogP contribution in [-0.2, 0) is 0 Å². The quantitative estimate of drug-likeness (QED) is 0.675. The lowest BCUT2D eigenvalue weighted by atomic mass is 10.1. The van der Waals surface area contributed by atoms with Crippen molar-refractivity contribution < 1.29 is 9.72 Å². The van der Waals surface area contributed by atoms with Crippen molar-refractivity contribution in [2.45, 2.75) is 13.0 Å². The topological polar surface area (TPSA) is 75.5 Å². The summed E-state index contributed by atoms with van der Waals surface area (Å²) in [5, 5.41) is 13.9. The van der Waals surface area contributed by atoms with Crippen molar-refractivity contribution in [1.29, 1.82) is 0 Å². The summed E-state index contributed by atoms with van der Waals surface area (Å²) in [6, 6.07) is 4.41. The van der Waals surface area contributed by atoms with E-state index < -0.39 is 4.92 Å². The molecular weight excluding hydrogens is 314 g/mol. The van der Waals surface area contributed by atoms with Gasteiger partial charge in [0, 0.05) is 36.2 Å². The number of non-ortho nitro benzene ring substituents is 1. The molecule has 0 aliphatic carbocycles. The van der Waals surface area contributed by atoms with Crippen LogP contribution in [0.2, 0.25) is 0 Å². The average molecular weight is 328 g/mol. The van der Waals surface area contributed by atoms with Gasteiger partial charge in [-0.3, -0.25) is 14.9 Å². The molecule has 1 aliphatic rings. The predicted octanol–water partition coefficient (Wildman–Crippen LogP) is 1.79. The van der Waals surface area contributed by atoms with Crippen molar-refractivity contribution in [2.75, 3.05) is 19.6 Å². The molecule has 102 valence electrons. The standard InChI is InChI=1S/C12H14BrN3O3/c1-2-15(9-6-14-7-9)12(17)10-5-8(16(18)19)3-4-11(10)13/h3-5,9,14H,2,6-7H2,1H3. The second kappa shape index (κ2) is 5.66. The van der Waals surface area contributed by atoms with Crippen molar-refractivity contribution in [3.8, 4) is 0 Å². The summed E-state index contributed by atoms with van der Waals surface area (Å²) in [5.41, 5.74) is 0.261. The van der Waals surface area contributed by atoms with Crippen LogP contribution in [0.15, 0.2) is 22.7 Å². The summed E-state index contributed by atoms with van der Waals surface area (Å²) in [4.78, 5) is 24.5. The second-order valence-electron chi connectivity index (χ2n) is 4.32. The molecule has 0 bridgehead atoms. The fourth-order valence-electron chi connectivity index (χ4n) is 2.01. The average Bonchev–Trinajstić information content (AvgIpc) is 2.32. The Morgan fingerprint density at radius 1 is 1.58 bits per heavy atom. The Morgan fingerprint density at radius 2 is 2.26 bits per heavy atom. The smallest absolute Gasteiger partial charge is 0.270 e. The summed E-state index contributed by atoms with van der Waals surface area (Å²) in [6.45, 7) is 4.03. The van der Waals surface area contributed by atoms with Gasteiger partial charge in [-0.05, 0) is 28.9 Å². The molecule has 0 saturated carbocycles. The van der Waals surface area contributed by atoms with E-state index in [2.05, 4.69) is 21.2 Å². The van der Waals surface area contributed by atoms with Gasteiger partial charge in [0.15, 0.2) is 0 Å². The second-order valence-corrected chi connectivity index (χ2v) is 5.18. The molecule has 1 aromatic carbocycles. The lowest BCUT2D eigenvalue weighted by Crippen LogP contribution is -2.58. The third-order valence-electron chi connectivity index (χ3n) is 3.19. The van der Waals surface area contributed by atoms with Crippen LogP contribution in [0, 0.1) is 10.1 Å². The molecule has 1 aliphatic heterocycles. The molecule has 7 heteroatoms. The van der Waals surface area contributed by atoms with Gasteiger partial charge in [0.25, 0.3) is 11.6 Å². The fraction of sp³-hybridized carbons (Fsp3) is 0.417. The van der Waals surface area contributed by atoms with Gasteiger partial charge < -0.3 is 10.2 Å². The molecule has 19 heavy (non-hydrogen) atoms. The number of halogens is 1.